The van der Waals surface area contributed by atoms with Gasteiger partial charge < -0.3 is 43.5 Å². The number of ether oxygens (including phenoxy) is 1. The quantitative estimate of drug-likeness (QED) is 0.0718. The number of aryl methyl sites for hydroxylation is 6. The van der Waals surface area contributed by atoms with E-state index < -0.39 is 17.7 Å². The van der Waals surface area contributed by atoms with Crippen LogP contribution in [-0.4, -0.2) is 68.7 Å². The molecule has 9 aromatic rings. The van der Waals surface area contributed by atoms with E-state index in [0.29, 0.717) is 28.8 Å². The third-order valence-electron chi connectivity index (χ3n) is 15.2. The van der Waals surface area contributed by atoms with E-state index in [4.69, 9.17) is 28.3 Å². The van der Waals surface area contributed by atoms with Crippen molar-refractivity contribution in [1.82, 2.24) is 45.4 Å². The fraction of sp³-hybridized carbons (Fsp3) is 0.475. The third kappa shape index (κ3) is 9.94. The molecule has 6 aromatic heterocycles. The monoisotopic (exact) mass is 1020 g/mol. The Morgan fingerprint density at radius 1 is 0.587 bits per heavy atom. The molecule has 3 saturated carbocycles. The number of H-pyrrole nitrogens is 3. The van der Waals surface area contributed by atoms with E-state index in [9.17, 15) is 15.0 Å². The first-order chi connectivity index (χ1) is 35.3. The number of carbonyl (C=O) groups excluding carboxylic acids is 1. The van der Waals surface area contributed by atoms with Crippen molar-refractivity contribution in [3.8, 4) is 33.4 Å². The Morgan fingerprint density at radius 2 is 0.960 bits per heavy atom. The summed E-state index contributed by atoms with van der Waals surface area (Å²) in [4.78, 5) is 36.8. The summed E-state index contributed by atoms with van der Waals surface area (Å²) in [5, 5.41) is 34.7. The molecular weight excluding hydrogens is 947 g/mol. The molecular formula is C59H73N9O7. The maximum Gasteiger partial charge on any atom is 0.340 e. The number of nitrogens with zero attached hydrogens (tertiary/aromatic N) is 6. The van der Waals surface area contributed by atoms with E-state index >= 15 is 0 Å². The average Bonchev–Trinajstić information content (AvgIpc) is 4.34. The third-order valence-corrected chi connectivity index (χ3v) is 15.2. The molecule has 5 N–H and O–H groups in total. The fourth-order valence-electron chi connectivity index (χ4n) is 10.6. The lowest BCUT2D eigenvalue weighted by atomic mass is 9.74. The van der Waals surface area contributed by atoms with Gasteiger partial charge in [-0.25, -0.2) is 19.7 Å². The number of hydrogen-bond acceptors (Lipinski definition) is 13. The summed E-state index contributed by atoms with van der Waals surface area (Å²) in [5.41, 5.74) is 14.8. The summed E-state index contributed by atoms with van der Waals surface area (Å²) in [6.45, 7) is 23.8. The second kappa shape index (κ2) is 20.3. The van der Waals surface area contributed by atoms with Crippen molar-refractivity contribution in [3.05, 3.63) is 105 Å². The second-order valence-corrected chi connectivity index (χ2v) is 21.9. The standard InChI is InChI=1S/C22H29N3O2.C19H23N3O2.C17H17N3O3.CH4/c1-11(2)22(26,12(3)4)17-9-16(19-13(5)25-27-14(19)6)10-18-20(17)24-21(23-18)15-7-8-15;1-9(2)18(23)14-7-13(16-10(3)22-24-11(16)4)8-15-17(14)21-19(20-15)12-5-6-12;1-8-14(9(2)23-20-8)11-6-12(17(21)22-3)15-13(7-11)18-16(19-15)10-4-5-10;/h9-12,15,26H,7-8H2,1-6H3,(H,23,24);7-9,12,18,23H,5-6H2,1-4H3,(H,20,21);6-7,10H,4-5H2,1-3H3,(H,18,19);1H4. The van der Waals surface area contributed by atoms with E-state index in [1.54, 1.807) is 6.07 Å². The molecule has 0 bridgehead atoms. The Balaban J connectivity index is 0.000000137. The first-order valence-electron chi connectivity index (χ1n) is 26.2. The Bertz CT molecular complexity index is 3480. The molecule has 0 spiro atoms. The van der Waals surface area contributed by atoms with E-state index in [0.717, 1.165) is 137 Å². The van der Waals surface area contributed by atoms with Crippen LogP contribution in [0.5, 0.6) is 0 Å². The molecule has 1 unspecified atom stereocenters. The lowest BCUT2D eigenvalue weighted by Gasteiger charge is -2.37. The highest BCUT2D eigenvalue weighted by atomic mass is 16.5. The van der Waals surface area contributed by atoms with Crippen LogP contribution in [0.25, 0.3) is 66.5 Å². The molecule has 0 saturated heterocycles. The number of hydrogen-bond donors (Lipinski definition) is 5. The summed E-state index contributed by atoms with van der Waals surface area (Å²) >= 11 is 0. The number of aromatic amines is 3. The van der Waals surface area contributed by atoms with Gasteiger partial charge in [-0.15, -0.1) is 0 Å². The van der Waals surface area contributed by atoms with Gasteiger partial charge in [0, 0.05) is 45.6 Å². The normalized spacial score (nSPS) is 15.2. The van der Waals surface area contributed by atoms with E-state index in [1.165, 1.54) is 32.8 Å². The lowest BCUT2D eigenvalue weighted by molar-refractivity contribution is -0.0519. The molecule has 12 rings (SSSR count). The van der Waals surface area contributed by atoms with Crippen molar-refractivity contribution in [2.75, 3.05) is 7.11 Å². The van der Waals surface area contributed by atoms with Gasteiger partial charge >= 0.3 is 5.97 Å². The molecule has 16 nitrogen and oxygen atoms in total. The summed E-state index contributed by atoms with van der Waals surface area (Å²) in [6, 6.07) is 12.1. The summed E-state index contributed by atoms with van der Waals surface area (Å²) in [7, 11) is 1.38. The van der Waals surface area contributed by atoms with Gasteiger partial charge in [-0.2, -0.15) is 0 Å². The van der Waals surface area contributed by atoms with Crippen LogP contribution in [0.2, 0.25) is 0 Å². The number of aliphatic hydroxyl groups excluding tert-OH is 1. The average molecular weight is 1020 g/mol. The smallest absolute Gasteiger partial charge is 0.340 e. The van der Waals surface area contributed by atoms with Gasteiger partial charge in [0.15, 0.2) is 0 Å². The van der Waals surface area contributed by atoms with Crippen LogP contribution >= 0.6 is 0 Å². The number of methoxy groups -OCH3 is 1. The molecule has 0 aliphatic heterocycles. The van der Waals surface area contributed by atoms with Crippen LogP contribution in [-0.2, 0) is 10.3 Å². The summed E-state index contributed by atoms with van der Waals surface area (Å²) < 4.78 is 20.9. The zero-order valence-corrected chi connectivity index (χ0v) is 44.9. The molecule has 3 aliphatic carbocycles. The predicted molar refractivity (Wildman–Crippen MR) is 291 cm³/mol. The molecule has 16 heteroatoms. The van der Waals surface area contributed by atoms with Gasteiger partial charge in [-0.05, 0) is 151 Å². The molecule has 3 aromatic carbocycles. The first kappa shape index (κ1) is 52.9. The van der Waals surface area contributed by atoms with Gasteiger partial charge in [0.05, 0.1) is 69.0 Å². The van der Waals surface area contributed by atoms with Crippen LogP contribution in [0.4, 0.5) is 0 Å². The number of aliphatic hydroxyl groups is 2. The predicted octanol–water partition coefficient (Wildman–Crippen LogP) is 13.7. The summed E-state index contributed by atoms with van der Waals surface area (Å²) in [5.74, 6) is 6.72. The topological polar surface area (TPSA) is 231 Å². The fourth-order valence-corrected chi connectivity index (χ4v) is 10.6. The van der Waals surface area contributed by atoms with E-state index in [1.807, 2.05) is 67.5 Å². The molecule has 3 fully saturated rings. The number of fused-ring (bicyclic) bond motifs is 3. The van der Waals surface area contributed by atoms with Crippen LogP contribution in [0, 0.1) is 59.3 Å². The Hall–Kier alpha value is -6.91. The van der Waals surface area contributed by atoms with Gasteiger partial charge in [-0.1, -0.05) is 64.4 Å². The number of imidazole rings is 3. The van der Waals surface area contributed by atoms with Crippen molar-refractivity contribution in [2.45, 2.75) is 158 Å². The highest BCUT2D eigenvalue weighted by Gasteiger charge is 2.40. The Morgan fingerprint density at radius 3 is 1.33 bits per heavy atom. The highest BCUT2D eigenvalue weighted by Crippen LogP contribution is 2.46. The largest absolute Gasteiger partial charge is 0.465 e. The van der Waals surface area contributed by atoms with Crippen LogP contribution in [0.1, 0.15) is 185 Å². The van der Waals surface area contributed by atoms with Crippen LogP contribution in [0.15, 0.2) is 50.0 Å². The zero-order chi connectivity index (χ0) is 52.7. The second-order valence-electron chi connectivity index (χ2n) is 21.9. The van der Waals surface area contributed by atoms with Crippen LogP contribution in [0.3, 0.4) is 0 Å². The van der Waals surface area contributed by atoms with Gasteiger partial charge in [0.25, 0.3) is 0 Å². The molecule has 0 radical (unpaired) electrons. The molecule has 396 valence electrons. The number of benzene rings is 3. The van der Waals surface area contributed by atoms with Crippen molar-refractivity contribution < 1.29 is 33.3 Å². The number of nitrogens with one attached hydrogen (secondary N) is 3. The summed E-state index contributed by atoms with van der Waals surface area (Å²) in [6.07, 6.45) is 6.49. The molecule has 1 atom stereocenters. The maximum absolute atomic E-state index is 12.2. The number of rotatable bonds is 12. The molecule has 75 heavy (non-hydrogen) atoms. The lowest BCUT2D eigenvalue weighted by Crippen LogP contribution is -2.38. The minimum Gasteiger partial charge on any atom is -0.465 e. The Labute approximate surface area is 437 Å². The number of aromatic nitrogens is 9. The molecule has 3 aliphatic rings. The highest BCUT2D eigenvalue weighted by molar-refractivity contribution is 6.04. The van der Waals surface area contributed by atoms with Crippen molar-refractivity contribution in [1.29, 1.82) is 0 Å². The SMILES string of the molecule is C.COC(=O)c1cc(-c2c(C)noc2C)cc2[nH]c(C3CC3)nc12.Cc1noc(C)c1-c1cc(C(O)(C(C)C)C(C)C)c2nc(C3CC3)[nH]c2c1.Cc1noc(C)c1-c1cc(C(O)C(C)C)c2nc(C3CC3)[nH]c2c1. The first-order valence-corrected chi connectivity index (χ1v) is 26.2. The van der Waals surface area contributed by atoms with Crippen molar-refractivity contribution in [3.63, 3.8) is 0 Å². The van der Waals surface area contributed by atoms with Crippen molar-refractivity contribution in [2.24, 2.45) is 17.8 Å². The van der Waals surface area contributed by atoms with Gasteiger partial charge in [0.2, 0.25) is 0 Å². The Kier molecular flexibility index (Phi) is 14.3. The maximum atomic E-state index is 12.2. The van der Waals surface area contributed by atoms with E-state index in [-0.39, 0.29) is 25.2 Å². The van der Waals surface area contributed by atoms with Crippen LogP contribution < -0.4 is 0 Å². The minimum atomic E-state index is -0.969. The molecule has 6 heterocycles. The van der Waals surface area contributed by atoms with Gasteiger partial charge in [-0.3, -0.25) is 0 Å². The van der Waals surface area contributed by atoms with Crippen molar-refractivity contribution >= 4 is 39.1 Å². The number of carbonyl (C=O) groups is 1. The zero-order valence-electron chi connectivity index (χ0n) is 44.9. The number of esters is 1. The minimum absolute atomic E-state index is 0. The molecule has 0 amide bonds. The van der Waals surface area contributed by atoms with E-state index in [2.05, 4.69) is 81.3 Å². The van der Waals surface area contributed by atoms with Gasteiger partial charge in [0.1, 0.15) is 40.3 Å².